The number of methoxy groups -OCH3 is 1. The topological polar surface area (TPSA) is 92.9 Å². The molecule has 32 heavy (non-hydrogen) atoms. The van der Waals surface area contributed by atoms with E-state index in [0.717, 1.165) is 12.0 Å². The zero-order valence-corrected chi connectivity index (χ0v) is 19.3. The molecule has 4 rings (SSSR count). The van der Waals surface area contributed by atoms with E-state index in [-0.39, 0.29) is 17.6 Å². The van der Waals surface area contributed by atoms with E-state index >= 15 is 0 Å². The van der Waals surface area contributed by atoms with Gasteiger partial charge in [-0.25, -0.2) is 5.43 Å². The molecule has 0 fully saturated rings. The number of anilines is 1. The van der Waals surface area contributed by atoms with E-state index in [0.29, 0.717) is 51.4 Å². The van der Waals surface area contributed by atoms with Crippen LogP contribution >= 0.6 is 15.9 Å². The van der Waals surface area contributed by atoms with Crippen LogP contribution in [0.25, 0.3) is 0 Å². The predicted molar refractivity (Wildman–Crippen MR) is 125 cm³/mol. The van der Waals surface area contributed by atoms with Gasteiger partial charge in [-0.15, -0.1) is 0 Å². The van der Waals surface area contributed by atoms with Gasteiger partial charge in [-0.3, -0.25) is 9.59 Å². The van der Waals surface area contributed by atoms with Crippen LogP contribution in [0.1, 0.15) is 50.6 Å². The Balaban J connectivity index is 1.59. The Morgan fingerprint density at radius 2 is 1.81 bits per heavy atom. The highest BCUT2D eigenvalue weighted by atomic mass is 79.9. The number of aryl methyl sites for hydroxylation is 1. The Morgan fingerprint density at radius 1 is 1.06 bits per heavy atom. The number of hydrazone groups is 1. The highest BCUT2D eigenvalue weighted by molar-refractivity contribution is 9.10. The molecule has 3 aromatic rings. The summed E-state index contributed by atoms with van der Waals surface area (Å²) in [5.41, 5.74) is 5.86. The first-order chi connectivity index (χ1) is 15.5. The van der Waals surface area contributed by atoms with Crippen LogP contribution in [0.15, 0.2) is 62.5 Å². The van der Waals surface area contributed by atoms with Gasteiger partial charge in [0.25, 0.3) is 11.8 Å². The molecule has 0 saturated heterocycles. The number of fused-ring (bicyclic) bond motifs is 1. The quantitative estimate of drug-likeness (QED) is 0.482. The van der Waals surface area contributed by atoms with E-state index < -0.39 is 0 Å². The van der Waals surface area contributed by atoms with Crippen molar-refractivity contribution in [3.63, 3.8) is 0 Å². The molecule has 8 heteroatoms. The van der Waals surface area contributed by atoms with Gasteiger partial charge in [-0.05, 0) is 60.0 Å². The minimum Gasteiger partial charge on any atom is -0.495 e. The normalized spacial score (nSPS) is 14.0. The first kappa shape index (κ1) is 21.8. The van der Waals surface area contributed by atoms with Crippen LogP contribution in [0.5, 0.6) is 5.75 Å². The Kier molecular flexibility index (Phi) is 6.41. The van der Waals surface area contributed by atoms with Crippen molar-refractivity contribution in [3.8, 4) is 5.75 Å². The predicted octanol–water partition coefficient (Wildman–Crippen LogP) is 5.08. The fourth-order valence-electron chi connectivity index (χ4n) is 3.75. The van der Waals surface area contributed by atoms with Crippen molar-refractivity contribution in [2.24, 2.45) is 5.10 Å². The second kappa shape index (κ2) is 9.40. The number of carbonyl (C=O) groups is 2. The third kappa shape index (κ3) is 4.31. The number of rotatable bonds is 5. The number of halogens is 1. The van der Waals surface area contributed by atoms with Gasteiger partial charge in [0.1, 0.15) is 11.5 Å². The Hall–Kier alpha value is -3.39. The molecule has 7 nitrogen and oxygen atoms in total. The van der Waals surface area contributed by atoms with Crippen LogP contribution in [-0.4, -0.2) is 24.6 Å². The fraction of sp³-hybridized carbons (Fsp3) is 0.208. The van der Waals surface area contributed by atoms with Crippen molar-refractivity contribution in [1.29, 1.82) is 0 Å². The summed E-state index contributed by atoms with van der Waals surface area (Å²) in [5, 5.41) is 7.22. The van der Waals surface area contributed by atoms with Gasteiger partial charge in [0.05, 0.1) is 24.1 Å². The Labute approximate surface area is 194 Å². The molecule has 2 N–H and O–H groups in total. The maximum atomic E-state index is 12.9. The van der Waals surface area contributed by atoms with E-state index in [1.165, 1.54) is 0 Å². The van der Waals surface area contributed by atoms with Gasteiger partial charge in [0.2, 0.25) is 0 Å². The molecule has 2 amide bonds. The van der Waals surface area contributed by atoms with E-state index in [4.69, 9.17) is 9.15 Å². The number of nitrogens with one attached hydrogen (secondary N) is 2. The number of hydrogen-bond donors (Lipinski definition) is 2. The first-order valence-corrected chi connectivity index (χ1v) is 11.0. The van der Waals surface area contributed by atoms with Crippen LogP contribution in [-0.2, 0) is 6.42 Å². The summed E-state index contributed by atoms with van der Waals surface area (Å²) in [5.74, 6) is 0.817. The number of hydrogen-bond acceptors (Lipinski definition) is 5. The van der Waals surface area contributed by atoms with Crippen LogP contribution in [0.2, 0.25) is 0 Å². The summed E-state index contributed by atoms with van der Waals surface area (Å²) < 4.78 is 11.9. The third-order valence-electron chi connectivity index (χ3n) is 5.30. The monoisotopic (exact) mass is 495 g/mol. The molecule has 0 atom stereocenters. The van der Waals surface area contributed by atoms with Crippen molar-refractivity contribution < 1.29 is 18.7 Å². The lowest BCUT2D eigenvalue weighted by molar-refractivity contribution is 0.0952. The van der Waals surface area contributed by atoms with Crippen molar-refractivity contribution in [2.45, 2.75) is 26.2 Å². The Morgan fingerprint density at radius 3 is 2.59 bits per heavy atom. The lowest BCUT2D eigenvalue weighted by Crippen LogP contribution is -2.22. The molecule has 0 spiro atoms. The maximum Gasteiger partial charge on any atom is 0.291 e. The number of amides is 2. The van der Waals surface area contributed by atoms with Gasteiger partial charge >= 0.3 is 0 Å². The molecule has 1 heterocycles. The SMILES string of the molecule is COc1ccccc1NC(=O)c1oc2c(c1C)/C(=N/NC(=O)c1ccccc1Br)CCC2. The molecule has 0 unspecified atom stereocenters. The van der Waals surface area contributed by atoms with Crippen LogP contribution in [0.4, 0.5) is 5.69 Å². The van der Waals surface area contributed by atoms with Crippen LogP contribution in [0, 0.1) is 6.92 Å². The summed E-state index contributed by atoms with van der Waals surface area (Å²) in [6.07, 6.45) is 2.20. The molecular formula is C24H22BrN3O4. The molecule has 1 aromatic heterocycles. The van der Waals surface area contributed by atoms with Gasteiger partial charge < -0.3 is 14.5 Å². The third-order valence-corrected chi connectivity index (χ3v) is 5.99. The van der Waals surface area contributed by atoms with Crippen molar-refractivity contribution in [3.05, 3.63) is 81.2 Å². The molecule has 2 aromatic carbocycles. The van der Waals surface area contributed by atoms with Gasteiger partial charge in [-0.1, -0.05) is 24.3 Å². The van der Waals surface area contributed by atoms with Crippen LogP contribution < -0.4 is 15.5 Å². The number of para-hydroxylation sites is 2. The maximum absolute atomic E-state index is 12.9. The van der Waals surface area contributed by atoms with Gasteiger partial charge in [0, 0.05) is 22.0 Å². The Bertz CT molecular complexity index is 1220. The average Bonchev–Trinajstić information content (AvgIpc) is 3.15. The summed E-state index contributed by atoms with van der Waals surface area (Å²) in [6, 6.07) is 14.3. The number of benzene rings is 2. The molecule has 0 aliphatic heterocycles. The second-order valence-electron chi connectivity index (χ2n) is 7.34. The first-order valence-electron chi connectivity index (χ1n) is 10.2. The highest BCUT2D eigenvalue weighted by Crippen LogP contribution is 2.31. The summed E-state index contributed by atoms with van der Waals surface area (Å²) in [6.45, 7) is 1.83. The minimum atomic E-state index is -0.363. The molecule has 164 valence electrons. The number of ether oxygens (including phenoxy) is 1. The lowest BCUT2D eigenvalue weighted by atomic mass is 9.93. The van der Waals surface area contributed by atoms with E-state index in [2.05, 4.69) is 31.8 Å². The highest BCUT2D eigenvalue weighted by Gasteiger charge is 2.28. The van der Waals surface area contributed by atoms with Crippen molar-refractivity contribution >= 4 is 39.1 Å². The number of nitrogens with zero attached hydrogens (tertiary/aromatic N) is 1. The summed E-state index contributed by atoms with van der Waals surface area (Å²) in [7, 11) is 1.55. The summed E-state index contributed by atoms with van der Waals surface area (Å²) in [4.78, 5) is 25.5. The lowest BCUT2D eigenvalue weighted by Gasteiger charge is -2.13. The zero-order valence-electron chi connectivity index (χ0n) is 17.7. The van der Waals surface area contributed by atoms with E-state index in [1.54, 1.807) is 37.4 Å². The van der Waals surface area contributed by atoms with E-state index in [9.17, 15) is 9.59 Å². The van der Waals surface area contributed by atoms with Crippen molar-refractivity contribution in [1.82, 2.24) is 5.43 Å². The molecule has 1 aliphatic carbocycles. The fourth-order valence-corrected chi connectivity index (χ4v) is 4.21. The molecular weight excluding hydrogens is 474 g/mol. The summed E-state index contributed by atoms with van der Waals surface area (Å²) >= 11 is 3.38. The molecule has 0 saturated carbocycles. The molecule has 1 aliphatic rings. The van der Waals surface area contributed by atoms with E-state index in [1.807, 2.05) is 25.1 Å². The van der Waals surface area contributed by atoms with Gasteiger partial charge in [-0.2, -0.15) is 5.10 Å². The van der Waals surface area contributed by atoms with Gasteiger partial charge in [0.15, 0.2) is 5.76 Å². The minimum absolute atomic E-state index is 0.229. The standard InChI is InChI=1S/C24H22BrN3O4/c1-14-21-18(27-28-23(29)15-8-3-4-9-16(15)25)11-7-13-20(21)32-22(14)24(30)26-17-10-5-6-12-19(17)31-2/h3-6,8-10,12H,7,11,13H2,1-2H3,(H,26,30)(H,28,29)/b27-18+. The molecule has 0 radical (unpaired) electrons. The smallest absolute Gasteiger partial charge is 0.291 e. The molecule has 0 bridgehead atoms. The largest absolute Gasteiger partial charge is 0.495 e. The average molecular weight is 496 g/mol. The zero-order chi connectivity index (χ0) is 22.7. The van der Waals surface area contributed by atoms with Crippen molar-refractivity contribution in [2.75, 3.05) is 12.4 Å². The number of carbonyl (C=O) groups excluding carboxylic acids is 2. The second-order valence-corrected chi connectivity index (χ2v) is 8.20. The number of furan rings is 1. The van der Waals surface area contributed by atoms with Crippen LogP contribution in [0.3, 0.4) is 0 Å².